The lowest BCUT2D eigenvalue weighted by Gasteiger charge is -2.16. The van der Waals surface area contributed by atoms with Crippen LogP contribution in [0.5, 0.6) is 0 Å². The fourth-order valence-electron chi connectivity index (χ4n) is 1.40. The minimum atomic E-state index is -4.51. The molecule has 2 rings (SSSR count). The van der Waals surface area contributed by atoms with Crippen LogP contribution in [0.2, 0.25) is 5.15 Å². The number of halogens is 4. The van der Waals surface area contributed by atoms with Gasteiger partial charge in [0, 0.05) is 18.0 Å². The molecule has 112 valence electrons. The van der Waals surface area contributed by atoms with Crippen LogP contribution in [-0.2, 0) is 0 Å². The molecule has 0 aliphatic rings. The monoisotopic (exact) mass is 335 g/mol. The molecule has 2 heterocycles. The van der Waals surface area contributed by atoms with Gasteiger partial charge in [-0.05, 0) is 19.1 Å². The average molecular weight is 336 g/mol. The van der Waals surface area contributed by atoms with E-state index in [9.17, 15) is 18.0 Å². The minimum absolute atomic E-state index is 0.0633. The smallest absolute Gasteiger partial charge is 0.340 e. The van der Waals surface area contributed by atoms with E-state index in [0.29, 0.717) is 10.6 Å². The minimum Gasteiger partial charge on any atom is -0.340 e. The summed E-state index contributed by atoms with van der Waals surface area (Å²) in [4.78, 5) is 19.6. The standard InChI is InChI=1S/C12H9ClF3N3OS/c1-6(12(14,15)16)18-10(20)8-9(13)19-11(21-8)7-3-2-4-17-5-7/h2-6H,1H3,(H,18,20)/t6-/m1/s1. The summed E-state index contributed by atoms with van der Waals surface area (Å²) >= 11 is 6.74. The van der Waals surface area contributed by atoms with Crippen LogP contribution in [0.25, 0.3) is 10.6 Å². The molecule has 0 saturated heterocycles. The Bertz CT molecular complexity index is 645. The van der Waals surface area contributed by atoms with Gasteiger partial charge in [0.15, 0.2) is 5.15 Å². The van der Waals surface area contributed by atoms with Gasteiger partial charge in [0.25, 0.3) is 5.91 Å². The summed E-state index contributed by atoms with van der Waals surface area (Å²) in [7, 11) is 0. The van der Waals surface area contributed by atoms with Crippen molar-refractivity contribution >= 4 is 28.8 Å². The number of hydrogen-bond donors (Lipinski definition) is 1. The van der Waals surface area contributed by atoms with E-state index in [2.05, 4.69) is 9.97 Å². The molecule has 2 aromatic heterocycles. The molecule has 0 aliphatic heterocycles. The molecule has 21 heavy (non-hydrogen) atoms. The molecule has 4 nitrogen and oxygen atoms in total. The first-order chi connectivity index (χ1) is 9.79. The van der Waals surface area contributed by atoms with Gasteiger partial charge in [-0.1, -0.05) is 11.6 Å². The zero-order valence-electron chi connectivity index (χ0n) is 10.6. The van der Waals surface area contributed by atoms with Gasteiger partial charge in [-0.2, -0.15) is 13.2 Å². The number of pyridine rings is 1. The average Bonchev–Trinajstić information content (AvgIpc) is 2.81. The van der Waals surface area contributed by atoms with Gasteiger partial charge in [-0.15, -0.1) is 11.3 Å². The first kappa shape index (κ1) is 15.7. The van der Waals surface area contributed by atoms with E-state index in [1.807, 2.05) is 5.32 Å². The van der Waals surface area contributed by atoms with Gasteiger partial charge in [0.1, 0.15) is 15.9 Å². The Labute approximate surface area is 127 Å². The summed E-state index contributed by atoms with van der Waals surface area (Å²) in [5.41, 5.74) is 0.632. The van der Waals surface area contributed by atoms with Crippen molar-refractivity contribution in [3.63, 3.8) is 0 Å². The van der Waals surface area contributed by atoms with Crippen LogP contribution in [-0.4, -0.2) is 28.1 Å². The van der Waals surface area contributed by atoms with E-state index in [1.165, 1.54) is 6.20 Å². The highest BCUT2D eigenvalue weighted by Crippen LogP contribution is 2.31. The Kier molecular flexibility index (Phi) is 4.48. The summed E-state index contributed by atoms with van der Waals surface area (Å²) in [6.07, 6.45) is -1.43. The number of alkyl halides is 3. The second-order valence-corrected chi connectivity index (χ2v) is 5.47. The lowest BCUT2D eigenvalue weighted by Crippen LogP contribution is -2.42. The highest BCUT2D eigenvalue weighted by Gasteiger charge is 2.37. The molecule has 0 radical (unpaired) electrons. The van der Waals surface area contributed by atoms with Gasteiger partial charge < -0.3 is 5.32 Å². The van der Waals surface area contributed by atoms with Crippen molar-refractivity contribution in [2.45, 2.75) is 19.1 Å². The first-order valence-corrected chi connectivity index (χ1v) is 6.93. The number of hydrogen-bond acceptors (Lipinski definition) is 4. The van der Waals surface area contributed by atoms with E-state index in [0.717, 1.165) is 18.3 Å². The van der Waals surface area contributed by atoms with E-state index < -0.39 is 18.1 Å². The number of thiazole rings is 1. The molecule has 0 saturated carbocycles. The summed E-state index contributed by atoms with van der Waals surface area (Å²) in [6, 6.07) is 1.42. The van der Waals surface area contributed by atoms with E-state index in [1.54, 1.807) is 18.3 Å². The lowest BCUT2D eigenvalue weighted by molar-refractivity contribution is -0.149. The third-order valence-corrected chi connectivity index (χ3v) is 4.03. The van der Waals surface area contributed by atoms with Gasteiger partial charge in [0.05, 0.1) is 0 Å². The maximum atomic E-state index is 12.4. The van der Waals surface area contributed by atoms with Crippen molar-refractivity contribution in [3.8, 4) is 10.6 Å². The molecule has 9 heteroatoms. The van der Waals surface area contributed by atoms with E-state index >= 15 is 0 Å². The molecule has 0 aromatic carbocycles. The third kappa shape index (κ3) is 3.70. The largest absolute Gasteiger partial charge is 0.408 e. The van der Waals surface area contributed by atoms with Crippen molar-refractivity contribution < 1.29 is 18.0 Å². The number of rotatable bonds is 3. The molecular weight excluding hydrogens is 327 g/mol. The van der Waals surface area contributed by atoms with Crippen molar-refractivity contribution in [1.29, 1.82) is 0 Å². The Balaban J connectivity index is 2.22. The second-order valence-electron chi connectivity index (χ2n) is 4.12. The van der Waals surface area contributed by atoms with Crippen LogP contribution in [0.1, 0.15) is 16.6 Å². The zero-order chi connectivity index (χ0) is 15.6. The highest BCUT2D eigenvalue weighted by atomic mass is 35.5. The van der Waals surface area contributed by atoms with Crippen molar-refractivity contribution in [3.05, 3.63) is 34.6 Å². The van der Waals surface area contributed by atoms with Crippen molar-refractivity contribution in [1.82, 2.24) is 15.3 Å². The van der Waals surface area contributed by atoms with Gasteiger partial charge in [-0.3, -0.25) is 9.78 Å². The zero-order valence-corrected chi connectivity index (χ0v) is 12.2. The molecule has 0 fully saturated rings. The molecule has 0 unspecified atom stereocenters. The van der Waals surface area contributed by atoms with Gasteiger partial charge in [0.2, 0.25) is 0 Å². The Morgan fingerprint density at radius 3 is 2.76 bits per heavy atom. The Morgan fingerprint density at radius 2 is 2.19 bits per heavy atom. The molecule has 1 N–H and O–H groups in total. The van der Waals surface area contributed by atoms with Crippen molar-refractivity contribution in [2.75, 3.05) is 0 Å². The molecule has 0 spiro atoms. The number of nitrogens with one attached hydrogen (secondary N) is 1. The normalized spacial score (nSPS) is 13.0. The Morgan fingerprint density at radius 1 is 1.48 bits per heavy atom. The van der Waals surface area contributed by atoms with Crippen molar-refractivity contribution in [2.24, 2.45) is 0 Å². The maximum Gasteiger partial charge on any atom is 0.408 e. The van der Waals surface area contributed by atoms with Crippen LogP contribution in [0.4, 0.5) is 13.2 Å². The number of carbonyl (C=O) groups excluding carboxylic acids is 1. The number of amides is 1. The number of aromatic nitrogens is 2. The summed E-state index contributed by atoms with van der Waals surface area (Å²) in [5.74, 6) is -0.905. The molecular formula is C12H9ClF3N3OS. The summed E-state index contributed by atoms with van der Waals surface area (Å²) in [5, 5.41) is 2.13. The van der Waals surface area contributed by atoms with Crippen LogP contribution < -0.4 is 5.32 Å². The van der Waals surface area contributed by atoms with Crippen LogP contribution in [0, 0.1) is 0 Å². The second kappa shape index (κ2) is 5.98. The molecule has 1 atom stereocenters. The fraction of sp³-hybridized carbons (Fsp3) is 0.250. The summed E-state index contributed by atoms with van der Waals surface area (Å²) in [6.45, 7) is 0.856. The number of carbonyl (C=O) groups is 1. The highest BCUT2D eigenvalue weighted by molar-refractivity contribution is 7.17. The predicted octanol–water partition coefficient (Wildman–Crippen LogP) is 3.54. The molecule has 0 aliphatic carbocycles. The summed E-state index contributed by atoms with van der Waals surface area (Å²) < 4.78 is 37.3. The quantitative estimate of drug-likeness (QED) is 0.933. The van der Waals surface area contributed by atoms with Gasteiger partial charge >= 0.3 is 6.18 Å². The van der Waals surface area contributed by atoms with Crippen LogP contribution in [0.3, 0.4) is 0 Å². The van der Waals surface area contributed by atoms with E-state index in [4.69, 9.17) is 11.6 Å². The van der Waals surface area contributed by atoms with Crippen LogP contribution >= 0.6 is 22.9 Å². The lowest BCUT2D eigenvalue weighted by atomic mass is 10.3. The fourth-order valence-corrected chi connectivity index (χ4v) is 2.58. The van der Waals surface area contributed by atoms with Gasteiger partial charge in [-0.25, -0.2) is 4.98 Å². The van der Waals surface area contributed by atoms with Crippen LogP contribution in [0.15, 0.2) is 24.5 Å². The SMILES string of the molecule is C[C@@H](NC(=O)c1sc(-c2cccnc2)nc1Cl)C(F)(F)F. The maximum absolute atomic E-state index is 12.4. The topological polar surface area (TPSA) is 54.9 Å². The molecule has 2 aromatic rings. The van der Waals surface area contributed by atoms with E-state index in [-0.39, 0.29) is 10.0 Å². The third-order valence-electron chi connectivity index (χ3n) is 2.54. The molecule has 0 bridgehead atoms. The first-order valence-electron chi connectivity index (χ1n) is 5.73. The number of nitrogens with zero attached hydrogens (tertiary/aromatic N) is 2. The molecule has 1 amide bonds. The Hall–Kier alpha value is -1.67. The predicted molar refractivity (Wildman–Crippen MR) is 73.3 cm³/mol.